The number of nitrogens with zero attached hydrogens (tertiary/aromatic N) is 2. The Labute approximate surface area is 155 Å². The highest BCUT2D eigenvalue weighted by atomic mass is 19.1. The molecule has 0 radical (unpaired) electrons. The van der Waals surface area contributed by atoms with E-state index in [2.05, 4.69) is 4.98 Å². The van der Waals surface area contributed by atoms with Gasteiger partial charge >= 0.3 is 11.8 Å². The Balaban J connectivity index is 1.40. The number of carbonyl (C=O) groups is 1. The summed E-state index contributed by atoms with van der Waals surface area (Å²) in [7, 11) is 0. The van der Waals surface area contributed by atoms with E-state index in [9.17, 15) is 14.0 Å². The van der Waals surface area contributed by atoms with Crippen molar-refractivity contribution in [3.8, 4) is 0 Å². The largest absolute Gasteiger partial charge is 0.445 e. The van der Waals surface area contributed by atoms with Crippen LogP contribution in [0.15, 0.2) is 53.3 Å². The Bertz CT molecular complexity index is 1000. The molecule has 27 heavy (non-hydrogen) atoms. The highest BCUT2D eigenvalue weighted by Crippen LogP contribution is 2.25. The van der Waals surface area contributed by atoms with Crippen molar-refractivity contribution in [2.45, 2.75) is 25.5 Å². The fraction of sp³-hybridized carbons (Fsp3) is 0.300. The molecule has 2 heterocycles. The van der Waals surface area contributed by atoms with E-state index in [0.717, 1.165) is 5.56 Å². The summed E-state index contributed by atoms with van der Waals surface area (Å²) in [4.78, 5) is 28.9. The van der Waals surface area contributed by atoms with Crippen LogP contribution in [0, 0.1) is 5.82 Å². The summed E-state index contributed by atoms with van der Waals surface area (Å²) in [6.07, 6.45) is 0.945. The summed E-state index contributed by atoms with van der Waals surface area (Å²) in [5.41, 5.74) is 1.87. The summed E-state index contributed by atoms with van der Waals surface area (Å²) in [6.45, 7) is 1.27. The normalized spacial score (nSPS) is 15.2. The van der Waals surface area contributed by atoms with Crippen LogP contribution in [0.1, 0.15) is 24.4 Å². The lowest BCUT2D eigenvalue weighted by atomic mass is 10.0. The monoisotopic (exact) mass is 369 g/mol. The molecule has 0 aliphatic carbocycles. The van der Waals surface area contributed by atoms with Crippen molar-refractivity contribution in [1.29, 1.82) is 0 Å². The molecular formula is C20H20FN3O3. The Kier molecular flexibility index (Phi) is 4.66. The Hall–Kier alpha value is -3.09. The van der Waals surface area contributed by atoms with Crippen LogP contribution in [0.5, 0.6) is 0 Å². The van der Waals surface area contributed by atoms with Gasteiger partial charge in [-0.25, -0.2) is 14.0 Å². The fourth-order valence-corrected chi connectivity index (χ4v) is 3.58. The van der Waals surface area contributed by atoms with Crippen molar-refractivity contribution in [3.05, 3.63) is 70.4 Å². The van der Waals surface area contributed by atoms with Crippen LogP contribution >= 0.6 is 0 Å². The molecule has 3 aromatic rings. The van der Waals surface area contributed by atoms with E-state index in [1.807, 2.05) is 30.3 Å². The number of amides is 1. The lowest BCUT2D eigenvalue weighted by Gasteiger charge is -2.31. The average Bonchev–Trinajstić information content (AvgIpc) is 3.01. The van der Waals surface area contributed by atoms with E-state index >= 15 is 0 Å². The van der Waals surface area contributed by atoms with Gasteiger partial charge in [-0.1, -0.05) is 30.3 Å². The molecule has 4 rings (SSSR count). The van der Waals surface area contributed by atoms with Gasteiger partial charge in [0.25, 0.3) is 0 Å². The first-order valence-corrected chi connectivity index (χ1v) is 8.97. The van der Waals surface area contributed by atoms with E-state index in [1.54, 1.807) is 15.5 Å². The topological polar surface area (TPSA) is 67.3 Å². The number of carbonyl (C=O) groups excluding carboxylic acids is 1. The SMILES string of the molecule is O=C(OCc1ccccc1)N1CCC(n2c(=O)[nH]c3cc(F)ccc32)CC1. The molecule has 0 atom stereocenters. The lowest BCUT2D eigenvalue weighted by molar-refractivity contribution is 0.0832. The van der Waals surface area contributed by atoms with Gasteiger partial charge in [-0.15, -0.1) is 0 Å². The minimum atomic E-state index is -0.383. The van der Waals surface area contributed by atoms with Gasteiger partial charge in [-0.2, -0.15) is 0 Å². The van der Waals surface area contributed by atoms with Crippen molar-refractivity contribution in [3.63, 3.8) is 0 Å². The number of hydrogen-bond donors (Lipinski definition) is 1. The third-order valence-electron chi connectivity index (χ3n) is 4.97. The molecule has 0 unspecified atom stereocenters. The van der Waals surface area contributed by atoms with Gasteiger partial charge in [0.15, 0.2) is 0 Å². The van der Waals surface area contributed by atoms with Crippen molar-refractivity contribution in [1.82, 2.24) is 14.5 Å². The van der Waals surface area contributed by atoms with Gasteiger partial charge in [-0.3, -0.25) is 4.57 Å². The number of H-pyrrole nitrogens is 1. The first-order chi connectivity index (χ1) is 13.1. The van der Waals surface area contributed by atoms with Crippen molar-refractivity contribution in [2.75, 3.05) is 13.1 Å². The standard InChI is InChI=1S/C20H20FN3O3/c21-15-6-7-18-17(12-15)22-19(25)24(18)16-8-10-23(11-9-16)20(26)27-13-14-4-2-1-3-5-14/h1-7,12,16H,8-11,13H2,(H,22,25). The summed E-state index contributed by atoms with van der Waals surface area (Å²) < 4.78 is 20.4. The van der Waals surface area contributed by atoms with Crippen molar-refractivity contribution >= 4 is 17.1 Å². The predicted molar refractivity (Wildman–Crippen MR) is 99.0 cm³/mol. The van der Waals surface area contributed by atoms with Crippen LogP contribution in [-0.2, 0) is 11.3 Å². The Morgan fingerprint density at radius 1 is 1.15 bits per heavy atom. The zero-order valence-corrected chi connectivity index (χ0v) is 14.7. The molecule has 0 saturated carbocycles. The number of ether oxygens (including phenoxy) is 1. The second-order valence-electron chi connectivity index (χ2n) is 6.72. The number of aromatic amines is 1. The molecule has 7 heteroatoms. The zero-order chi connectivity index (χ0) is 18.8. The molecule has 0 spiro atoms. The second-order valence-corrected chi connectivity index (χ2v) is 6.72. The van der Waals surface area contributed by atoms with E-state index in [4.69, 9.17) is 4.74 Å². The molecule has 2 aromatic carbocycles. The maximum Gasteiger partial charge on any atom is 0.410 e. The van der Waals surface area contributed by atoms with Crippen LogP contribution in [-0.4, -0.2) is 33.6 Å². The molecule has 1 N–H and O–H groups in total. The van der Waals surface area contributed by atoms with Crippen molar-refractivity contribution < 1.29 is 13.9 Å². The Morgan fingerprint density at radius 3 is 2.63 bits per heavy atom. The summed E-state index contributed by atoms with van der Waals surface area (Å²) >= 11 is 0. The molecule has 0 bridgehead atoms. The third-order valence-corrected chi connectivity index (χ3v) is 4.97. The molecule has 6 nitrogen and oxygen atoms in total. The van der Waals surface area contributed by atoms with E-state index < -0.39 is 0 Å². The first kappa shape index (κ1) is 17.3. The predicted octanol–water partition coefficient (Wildman–Crippen LogP) is 3.44. The van der Waals surface area contributed by atoms with E-state index in [0.29, 0.717) is 37.0 Å². The highest BCUT2D eigenvalue weighted by molar-refractivity contribution is 5.75. The number of fused-ring (bicyclic) bond motifs is 1. The molecule has 1 aromatic heterocycles. The van der Waals surface area contributed by atoms with Gasteiger partial charge < -0.3 is 14.6 Å². The molecule has 1 aliphatic rings. The van der Waals surface area contributed by atoms with Crippen molar-refractivity contribution in [2.24, 2.45) is 0 Å². The average molecular weight is 369 g/mol. The minimum absolute atomic E-state index is 0.0325. The number of nitrogens with one attached hydrogen (secondary N) is 1. The van der Waals surface area contributed by atoms with Crippen LogP contribution in [0.4, 0.5) is 9.18 Å². The number of likely N-dealkylation sites (tertiary alicyclic amines) is 1. The summed E-state index contributed by atoms with van der Waals surface area (Å²) in [5, 5.41) is 0. The number of rotatable bonds is 3. The smallest absolute Gasteiger partial charge is 0.410 e. The number of halogens is 1. The third kappa shape index (κ3) is 3.58. The minimum Gasteiger partial charge on any atom is -0.445 e. The number of imidazole rings is 1. The fourth-order valence-electron chi connectivity index (χ4n) is 3.58. The number of aromatic nitrogens is 2. The molecule has 1 saturated heterocycles. The van der Waals surface area contributed by atoms with E-state index in [-0.39, 0.29) is 30.2 Å². The van der Waals surface area contributed by atoms with Gasteiger partial charge in [0, 0.05) is 19.1 Å². The van der Waals surface area contributed by atoms with E-state index in [1.165, 1.54) is 12.1 Å². The highest BCUT2D eigenvalue weighted by Gasteiger charge is 2.26. The maximum atomic E-state index is 13.4. The number of piperidine rings is 1. The van der Waals surface area contributed by atoms with Gasteiger partial charge in [0.05, 0.1) is 11.0 Å². The van der Waals surface area contributed by atoms with Gasteiger partial charge in [0.1, 0.15) is 12.4 Å². The second kappa shape index (κ2) is 7.26. The molecule has 1 fully saturated rings. The lowest BCUT2D eigenvalue weighted by Crippen LogP contribution is -2.40. The zero-order valence-electron chi connectivity index (χ0n) is 14.7. The molecular weight excluding hydrogens is 349 g/mol. The molecule has 1 amide bonds. The van der Waals surface area contributed by atoms with Gasteiger partial charge in [0.2, 0.25) is 0 Å². The maximum absolute atomic E-state index is 13.4. The first-order valence-electron chi connectivity index (χ1n) is 8.97. The van der Waals surface area contributed by atoms with Crippen LogP contribution in [0.2, 0.25) is 0 Å². The summed E-state index contributed by atoms with van der Waals surface area (Å²) in [6, 6.07) is 13.8. The number of benzene rings is 2. The van der Waals surface area contributed by atoms with Crippen LogP contribution in [0.25, 0.3) is 11.0 Å². The molecule has 1 aliphatic heterocycles. The number of hydrogen-bond acceptors (Lipinski definition) is 3. The Morgan fingerprint density at radius 2 is 1.89 bits per heavy atom. The quantitative estimate of drug-likeness (QED) is 0.769. The van der Waals surface area contributed by atoms with Gasteiger partial charge in [-0.05, 0) is 36.6 Å². The van der Waals surface area contributed by atoms with Crippen LogP contribution in [0.3, 0.4) is 0 Å². The van der Waals surface area contributed by atoms with Crippen LogP contribution < -0.4 is 5.69 Å². The molecule has 140 valence electrons. The summed E-state index contributed by atoms with van der Waals surface area (Å²) in [5.74, 6) is -0.383.